The molecule has 9 nitrogen and oxygen atoms in total. The van der Waals surface area contributed by atoms with Crippen LogP contribution in [0.4, 0.5) is 5.13 Å². The minimum atomic E-state index is -1.07. The number of nitrogens with zero attached hydrogens (tertiary/aromatic N) is 2. The summed E-state index contributed by atoms with van der Waals surface area (Å²) in [5.41, 5.74) is 0.528. The van der Waals surface area contributed by atoms with Crippen LogP contribution in [0.25, 0.3) is 5.76 Å². The fraction of sp³-hybridized carbons (Fsp3) is 0.182. The molecule has 0 unspecified atom stereocenters. The summed E-state index contributed by atoms with van der Waals surface area (Å²) in [6.07, 6.45) is 1.40. The molecule has 2 aromatic heterocycles. The molecule has 0 aliphatic carbocycles. The number of hydrogen-bond donors (Lipinski definition) is 1. The Kier molecular flexibility index (Phi) is 5.54. The Morgan fingerprint density at radius 3 is 2.50 bits per heavy atom. The van der Waals surface area contributed by atoms with Crippen molar-refractivity contribution in [3.63, 3.8) is 0 Å². The molecule has 164 valence electrons. The number of furan rings is 1. The van der Waals surface area contributed by atoms with Crippen LogP contribution >= 0.6 is 11.3 Å². The Bertz CT molecular complexity index is 1230. The first-order chi connectivity index (χ1) is 15.4. The number of thiazole rings is 1. The number of amides is 1. The molecule has 1 aliphatic heterocycles. The molecule has 10 heteroatoms. The van der Waals surface area contributed by atoms with Gasteiger partial charge in [-0.15, -0.1) is 0 Å². The predicted molar refractivity (Wildman–Crippen MR) is 115 cm³/mol. The van der Waals surface area contributed by atoms with Crippen molar-refractivity contribution in [2.24, 2.45) is 0 Å². The van der Waals surface area contributed by atoms with E-state index in [2.05, 4.69) is 4.98 Å². The fourth-order valence-corrected chi connectivity index (χ4v) is 4.43. The van der Waals surface area contributed by atoms with Crippen molar-refractivity contribution < 1.29 is 33.4 Å². The van der Waals surface area contributed by atoms with Gasteiger partial charge in [-0.05, 0) is 43.3 Å². The first-order valence-corrected chi connectivity index (χ1v) is 10.2. The molecule has 1 fully saturated rings. The number of esters is 1. The third kappa shape index (κ3) is 3.44. The van der Waals surface area contributed by atoms with E-state index < -0.39 is 23.7 Å². The minimum Gasteiger partial charge on any atom is -0.507 e. The van der Waals surface area contributed by atoms with Crippen molar-refractivity contribution in [1.29, 1.82) is 0 Å². The molecule has 1 N–H and O–H groups in total. The molecule has 4 rings (SSSR count). The van der Waals surface area contributed by atoms with Crippen LogP contribution in [0.5, 0.6) is 5.75 Å². The highest BCUT2D eigenvalue weighted by atomic mass is 32.1. The lowest BCUT2D eigenvalue weighted by Gasteiger charge is -2.20. The maximum atomic E-state index is 13.0. The number of aliphatic hydroxyl groups is 1. The molecule has 3 heterocycles. The Hall–Kier alpha value is -3.92. The molecule has 1 amide bonds. The number of hydrogen-bond acceptors (Lipinski definition) is 9. The maximum Gasteiger partial charge on any atom is 0.350 e. The molecule has 1 aromatic carbocycles. The lowest BCUT2D eigenvalue weighted by molar-refractivity contribution is -0.132. The summed E-state index contributed by atoms with van der Waals surface area (Å²) in [5.74, 6) is -1.93. The Balaban J connectivity index is 1.88. The SMILES string of the molecule is COC(=O)c1sc(N2C(=O)C(=O)/C(=C(/O)c3ccc(OC)cc3)[C@H]2c2ccco2)nc1C. The van der Waals surface area contributed by atoms with E-state index in [-0.39, 0.29) is 27.1 Å². The number of carbonyl (C=O) groups is 3. The molecule has 0 saturated carbocycles. The van der Waals surface area contributed by atoms with Gasteiger partial charge < -0.3 is 19.0 Å². The number of benzene rings is 1. The van der Waals surface area contributed by atoms with Gasteiger partial charge in [0.15, 0.2) is 5.13 Å². The standard InChI is InChI=1S/C22H18N2O7S/c1-11-19(21(28)30-3)32-22(23-11)24-16(14-5-4-10-31-14)15(18(26)20(24)27)17(25)12-6-8-13(29-2)9-7-12/h4-10,16,25H,1-3H3/b17-15+/t16-/m1/s1. The zero-order valence-electron chi connectivity index (χ0n) is 17.3. The quantitative estimate of drug-likeness (QED) is 0.269. The highest BCUT2D eigenvalue weighted by molar-refractivity contribution is 7.17. The second-order valence-electron chi connectivity index (χ2n) is 6.82. The second kappa shape index (κ2) is 8.31. The van der Waals surface area contributed by atoms with Crippen molar-refractivity contribution in [2.45, 2.75) is 13.0 Å². The molecule has 1 aliphatic rings. The van der Waals surface area contributed by atoms with Gasteiger partial charge in [0.2, 0.25) is 0 Å². The monoisotopic (exact) mass is 454 g/mol. The summed E-state index contributed by atoms with van der Waals surface area (Å²) in [5, 5.41) is 11.1. The van der Waals surface area contributed by atoms with E-state index in [1.807, 2.05) is 0 Å². The summed E-state index contributed by atoms with van der Waals surface area (Å²) in [7, 11) is 2.75. The number of rotatable bonds is 5. The molecule has 0 bridgehead atoms. The zero-order chi connectivity index (χ0) is 23.0. The fourth-order valence-electron chi connectivity index (χ4n) is 3.42. The number of aryl methyl sites for hydroxylation is 1. The number of ether oxygens (including phenoxy) is 2. The molecular weight excluding hydrogens is 436 g/mol. The number of aliphatic hydroxyl groups excluding tert-OH is 1. The molecule has 32 heavy (non-hydrogen) atoms. The highest BCUT2D eigenvalue weighted by Crippen LogP contribution is 2.44. The van der Waals surface area contributed by atoms with Crippen LogP contribution in [-0.4, -0.2) is 42.0 Å². The van der Waals surface area contributed by atoms with E-state index in [4.69, 9.17) is 13.9 Å². The summed E-state index contributed by atoms with van der Waals surface area (Å²) in [6.45, 7) is 1.60. The molecule has 0 spiro atoms. The molecule has 3 aromatic rings. The number of ketones is 1. The Morgan fingerprint density at radius 2 is 1.91 bits per heavy atom. The molecule has 1 saturated heterocycles. The van der Waals surface area contributed by atoms with Crippen LogP contribution in [0, 0.1) is 6.92 Å². The number of carbonyl (C=O) groups excluding carboxylic acids is 3. The molecule has 1 atom stereocenters. The van der Waals surface area contributed by atoms with E-state index in [0.29, 0.717) is 17.0 Å². The van der Waals surface area contributed by atoms with Gasteiger partial charge in [-0.2, -0.15) is 0 Å². The van der Waals surface area contributed by atoms with E-state index in [0.717, 1.165) is 16.2 Å². The topological polar surface area (TPSA) is 119 Å². The van der Waals surface area contributed by atoms with Crippen LogP contribution in [0.3, 0.4) is 0 Å². The van der Waals surface area contributed by atoms with E-state index in [1.54, 1.807) is 43.3 Å². The van der Waals surface area contributed by atoms with Gasteiger partial charge in [0.25, 0.3) is 5.78 Å². The van der Waals surface area contributed by atoms with Crippen molar-refractivity contribution in [2.75, 3.05) is 19.1 Å². The van der Waals surface area contributed by atoms with Crippen molar-refractivity contribution in [3.8, 4) is 5.75 Å². The summed E-state index contributed by atoms with van der Waals surface area (Å²) in [4.78, 5) is 43.7. The van der Waals surface area contributed by atoms with Crippen LogP contribution in [0.15, 0.2) is 52.7 Å². The highest BCUT2D eigenvalue weighted by Gasteiger charge is 2.49. The largest absolute Gasteiger partial charge is 0.507 e. The van der Waals surface area contributed by atoms with Crippen LogP contribution in [-0.2, 0) is 14.3 Å². The Morgan fingerprint density at radius 1 is 1.19 bits per heavy atom. The van der Waals surface area contributed by atoms with Gasteiger partial charge in [-0.3, -0.25) is 14.5 Å². The number of anilines is 1. The minimum absolute atomic E-state index is 0.111. The predicted octanol–water partition coefficient (Wildman–Crippen LogP) is 3.47. The lowest BCUT2D eigenvalue weighted by Crippen LogP contribution is -2.29. The molecular formula is C22H18N2O7S. The lowest BCUT2D eigenvalue weighted by atomic mass is 9.99. The van der Waals surface area contributed by atoms with Gasteiger partial charge in [0, 0.05) is 5.56 Å². The van der Waals surface area contributed by atoms with Crippen molar-refractivity contribution in [3.05, 3.63) is 70.1 Å². The van der Waals surface area contributed by atoms with Crippen molar-refractivity contribution in [1.82, 2.24) is 4.98 Å². The van der Waals surface area contributed by atoms with Crippen LogP contribution < -0.4 is 9.64 Å². The van der Waals surface area contributed by atoms with E-state index in [1.165, 1.54) is 20.5 Å². The van der Waals surface area contributed by atoms with Gasteiger partial charge in [-0.25, -0.2) is 9.78 Å². The zero-order valence-corrected chi connectivity index (χ0v) is 18.1. The maximum absolute atomic E-state index is 13.0. The number of aromatic nitrogens is 1. The molecule has 0 radical (unpaired) electrons. The van der Waals surface area contributed by atoms with Gasteiger partial charge in [0.1, 0.15) is 28.2 Å². The summed E-state index contributed by atoms with van der Waals surface area (Å²) >= 11 is 0.916. The first-order valence-electron chi connectivity index (χ1n) is 9.42. The van der Waals surface area contributed by atoms with Gasteiger partial charge in [0.05, 0.1) is 31.7 Å². The normalized spacial score (nSPS) is 17.6. The van der Waals surface area contributed by atoms with Crippen LogP contribution in [0.1, 0.15) is 32.7 Å². The summed E-state index contributed by atoms with van der Waals surface area (Å²) < 4.78 is 15.4. The smallest absolute Gasteiger partial charge is 0.350 e. The second-order valence-corrected chi connectivity index (χ2v) is 7.79. The van der Waals surface area contributed by atoms with E-state index >= 15 is 0 Å². The summed E-state index contributed by atoms with van der Waals surface area (Å²) in [6, 6.07) is 8.53. The van der Waals surface area contributed by atoms with Crippen LogP contribution in [0.2, 0.25) is 0 Å². The average Bonchev–Trinajstić information content (AvgIpc) is 3.52. The van der Waals surface area contributed by atoms with Crippen molar-refractivity contribution >= 4 is 39.9 Å². The van der Waals surface area contributed by atoms with Gasteiger partial charge in [-0.1, -0.05) is 11.3 Å². The number of methoxy groups -OCH3 is 2. The average molecular weight is 454 g/mol. The third-order valence-electron chi connectivity index (χ3n) is 4.98. The van der Waals surface area contributed by atoms with E-state index in [9.17, 15) is 19.5 Å². The number of Topliss-reactive ketones (excluding diaryl/α,β-unsaturated/α-hetero) is 1. The Labute approximate surface area is 186 Å². The first kappa shape index (κ1) is 21.3. The third-order valence-corrected chi connectivity index (χ3v) is 6.12. The van der Waals surface area contributed by atoms with Gasteiger partial charge >= 0.3 is 11.9 Å².